The van der Waals surface area contributed by atoms with Gasteiger partial charge in [0.2, 0.25) is 0 Å². The largest absolute Gasteiger partial charge is 0.469 e. The first-order chi connectivity index (χ1) is 14.2. The van der Waals surface area contributed by atoms with Crippen molar-refractivity contribution in [1.82, 2.24) is 4.98 Å². The molecule has 0 amide bonds. The zero-order chi connectivity index (χ0) is 21.9. The van der Waals surface area contributed by atoms with Crippen molar-refractivity contribution in [1.29, 1.82) is 0 Å². The van der Waals surface area contributed by atoms with Crippen LogP contribution in [0.1, 0.15) is 48.0 Å². The summed E-state index contributed by atoms with van der Waals surface area (Å²) in [5.74, 6) is -1.41. The fourth-order valence-electron chi connectivity index (χ4n) is 3.15. The number of esters is 2. The molecule has 2 aromatic carbocycles. The van der Waals surface area contributed by atoms with Gasteiger partial charge in [-0.1, -0.05) is 30.3 Å². The zero-order valence-electron chi connectivity index (χ0n) is 17.5. The number of benzene rings is 2. The predicted octanol–water partition coefficient (Wildman–Crippen LogP) is 4.64. The fourth-order valence-corrected chi connectivity index (χ4v) is 3.15. The molecule has 0 aliphatic carbocycles. The molecule has 0 bridgehead atoms. The monoisotopic (exact) mass is 409 g/mol. The minimum absolute atomic E-state index is 0.114. The van der Waals surface area contributed by atoms with Crippen molar-refractivity contribution >= 4 is 22.7 Å². The van der Waals surface area contributed by atoms with E-state index >= 15 is 0 Å². The number of carbonyl (C=O) groups excluding carboxylic acids is 2. The lowest BCUT2D eigenvalue weighted by molar-refractivity contribution is -0.139. The van der Waals surface area contributed by atoms with Crippen molar-refractivity contribution in [3.05, 3.63) is 76.9 Å². The van der Waals surface area contributed by atoms with Gasteiger partial charge in [-0.2, -0.15) is 0 Å². The maximum Gasteiger partial charge on any atom is 0.338 e. The molecule has 1 aromatic heterocycles. The Kier molecular flexibility index (Phi) is 6.15. The Morgan fingerprint density at radius 3 is 2.37 bits per heavy atom. The highest BCUT2D eigenvalue weighted by atomic mass is 19.1. The number of pyridine rings is 1. The van der Waals surface area contributed by atoms with Gasteiger partial charge in [0, 0.05) is 18.0 Å². The Bertz CT molecular complexity index is 1100. The first-order valence-electron chi connectivity index (χ1n) is 9.62. The van der Waals surface area contributed by atoms with E-state index in [0.717, 1.165) is 16.3 Å². The van der Waals surface area contributed by atoms with Crippen molar-refractivity contribution in [3.63, 3.8) is 0 Å². The molecule has 0 aliphatic rings. The maximum absolute atomic E-state index is 14.7. The highest BCUT2D eigenvalue weighted by molar-refractivity contribution is 5.91. The van der Waals surface area contributed by atoms with E-state index in [4.69, 9.17) is 9.47 Å². The summed E-state index contributed by atoms with van der Waals surface area (Å²) in [5, 5.41) is 1.72. The normalized spacial score (nSPS) is 11.4. The van der Waals surface area contributed by atoms with Crippen molar-refractivity contribution in [2.24, 2.45) is 0 Å². The highest BCUT2D eigenvalue weighted by Crippen LogP contribution is 2.25. The van der Waals surface area contributed by atoms with E-state index in [1.54, 1.807) is 39.1 Å². The van der Waals surface area contributed by atoms with E-state index in [9.17, 15) is 14.0 Å². The van der Waals surface area contributed by atoms with Crippen LogP contribution in [0, 0.1) is 5.82 Å². The van der Waals surface area contributed by atoms with E-state index in [-0.39, 0.29) is 24.4 Å². The zero-order valence-corrected chi connectivity index (χ0v) is 17.5. The molecule has 1 heterocycles. The summed E-state index contributed by atoms with van der Waals surface area (Å²) in [6, 6.07) is 11.9. The Morgan fingerprint density at radius 1 is 1.03 bits per heavy atom. The topological polar surface area (TPSA) is 65.5 Å². The molecule has 0 aliphatic heterocycles. The molecule has 0 saturated heterocycles. The molecule has 0 spiro atoms. The SMILES string of the molecule is COC(=O)Cc1cnc(Cc2ccc(C(=O)OC(C)(C)C)cc2F)c2ccccc12. The van der Waals surface area contributed by atoms with Gasteiger partial charge in [-0.3, -0.25) is 9.78 Å². The molecule has 0 atom stereocenters. The van der Waals surface area contributed by atoms with Crippen LogP contribution in [-0.4, -0.2) is 29.6 Å². The lowest BCUT2D eigenvalue weighted by atomic mass is 9.98. The number of carbonyl (C=O) groups is 2. The summed E-state index contributed by atoms with van der Waals surface area (Å²) in [6.07, 6.45) is 1.99. The van der Waals surface area contributed by atoms with Crippen LogP contribution in [0.15, 0.2) is 48.7 Å². The third kappa shape index (κ3) is 5.00. The summed E-state index contributed by atoms with van der Waals surface area (Å²) in [6.45, 7) is 5.28. The second-order valence-electron chi connectivity index (χ2n) is 8.01. The molecular weight excluding hydrogens is 385 g/mol. The smallest absolute Gasteiger partial charge is 0.338 e. The van der Waals surface area contributed by atoms with Gasteiger partial charge in [-0.05, 0) is 49.4 Å². The Labute approximate surface area is 174 Å². The van der Waals surface area contributed by atoms with Gasteiger partial charge in [0.1, 0.15) is 11.4 Å². The Morgan fingerprint density at radius 2 is 1.73 bits per heavy atom. The van der Waals surface area contributed by atoms with Crippen LogP contribution in [0.5, 0.6) is 0 Å². The Balaban J connectivity index is 1.90. The predicted molar refractivity (Wildman–Crippen MR) is 112 cm³/mol. The molecule has 5 nitrogen and oxygen atoms in total. The number of ether oxygens (including phenoxy) is 2. The molecule has 0 fully saturated rings. The van der Waals surface area contributed by atoms with Crippen LogP contribution in [0.25, 0.3) is 10.8 Å². The van der Waals surface area contributed by atoms with Gasteiger partial charge in [-0.25, -0.2) is 9.18 Å². The quantitative estimate of drug-likeness (QED) is 0.575. The number of halogens is 1. The lowest BCUT2D eigenvalue weighted by Gasteiger charge is -2.19. The molecule has 0 N–H and O–H groups in total. The van der Waals surface area contributed by atoms with Crippen molar-refractivity contribution < 1.29 is 23.5 Å². The molecule has 156 valence electrons. The number of nitrogens with zero attached hydrogens (tertiary/aromatic N) is 1. The van der Waals surface area contributed by atoms with E-state index in [1.165, 1.54) is 13.2 Å². The average Bonchev–Trinajstić information content (AvgIpc) is 2.69. The van der Waals surface area contributed by atoms with Crippen LogP contribution in [0.4, 0.5) is 4.39 Å². The molecular formula is C24H24FNO4. The minimum Gasteiger partial charge on any atom is -0.469 e. The van der Waals surface area contributed by atoms with Crippen molar-refractivity contribution in [2.45, 2.75) is 39.2 Å². The number of methoxy groups -OCH3 is 1. The van der Waals surface area contributed by atoms with Gasteiger partial charge in [0.05, 0.1) is 24.8 Å². The molecule has 0 unspecified atom stereocenters. The van der Waals surface area contributed by atoms with Crippen LogP contribution < -0.4 is 0 Å². The third-order valence-electron chi connectivity index (χ3n) is 4.57. The Hall–Kier alpha value is -3.28. The van der Waals surface area contributed by atoms with E-state index in [0.29, 0.717) is 11.3 Å². The molecule has 30 heavy (non-hydrogen) atoms. The standard InChI is InChI=1S/C24H24FNO4/c1-24(2,3)30-23(28)16-10-9-15(20(25)11-16)12-21-19-8-6-5-7-18(19)17(14-26-21)13-22(27)29-4/h5-11,14H,12-13H2,1-4H3. The van der Waals surface area contributed by atoms with Gasteiger partial charge >= 0.3 is 11.9 Å². The van der Waals surface area contributed by atoms with Crippen LogP contribution in [0.2, 0.25) is 0 Å². The number of fused-ring (bicyclic) bond motifs is 1. The number of rotatable bonds is 5. The summed E-state index contributed by atoms with van der Waals surface area (Å²) in [4.78, 5) is 28.3. The van der Waals surface area contributed by atoms with Crippen molar-refractivity contribution in [2.75, 3.05) is 7.11 Å². The van der Waals surface area contributed by atoms with Gasteiger partial charge in [-0.15, -0.1) is 0 Å². The third-order valence-corrected chi connectivity index (χ3v) is 4.57. The summed E-state index contributed by atoms with van der Waals surface area (Å²) >= 11 is 0. The van der Waals surface area contributed by atoms with Crippen LogP contribution in [0.3, 0.4) is 0 Å². The average molecular weight is 409 g/mol. The second kappa shape index (κ2) is 8.61. The first kappa shape index (κ1) is 21.4. The number of hydrogen-bond acceptors (Lipinski definition) is 5. The minimum atomic E-state index is -0.652. The van der Waals surface area contributed by atoms with E-state index in [1.807, 2.05) is 24.3 Å². The van der Waals surface area contributed by atoms with Crippen molar-refractivity contribution in [3.8, 4) is 0 Å². The maximum atomic E-state index is 14.7. The lowest BCUT2D eigenvalue weighted by Crippen LogP contribution is -2.24. The van der Waals surface area contributed by atoms with Gasteiger partial charge in [0.15, 0.2) is 0 Å². The van der Waals surface area contributed by atoms with Crippen LogP contribution in [-0.2, 0) is 27.1 Å². The van der Waals surface area contributed by atoms with Gasteiger partial charge < -0.3 is 9.47 Å². The van der Waals surface area contributed by atoms with Crippen LogP contribution >= 0.6 is 0 Å². The summed E-state index contributed by atoms with van der Waals surface area (Å²) < 4.78 is 24.8. The highest BCUT2D eigenvalue weighted by Gasteiger charge is 2.19. The summed E-state index contributed by atoms with van der Waals surface area (Å²) in [7, 11) is 1.34. The van der Waals surface area contributed by atoms with E-state index < -0.39 is 17.4 Å². The fraction of sp³-hybridized carbons (Fsp3) is 0.292. The number of aromatic nitrogens is 1. The van der Waals surface area contributed by atoms with Gasteiger partial charge in [0.25, 0.3) is 0 Å². The second-order valence-corrected chi connectivity index (χ2v) is 8.01. The summed E-state index contributed by atoms with van der Waals surface area (Å²) in [5.41, 5.74) is 1.37. The molecule has 0 saturated carbocycles. The number of hydrogen-bond donors (Lipinski definition) is 0. The van der Waals surface area contributed by atoms with E-state index in [2.05, 4.69) is 4.98 Å². The first-order valence-corrected chi connectivity index (χ1v) is 9.62. The molecule has 3 aromatic rings. The molecule has 0 radical (unpaired) electrons. The molecule has 6 heteroatoms. The molecule has 3 rings (SSSR count).